The van der Waals surface area contributed by atoms with Crippen LogP contribution in [-0.2, 0) is 0 Å². The summed E-state index contributed by atoms with van der Waals surface area (Å²) < 4.78 is 2.87. The van der Waals surface area contributed by atoms with Crippen LogP contribution in [-0.4, -0.2) is 28.7 Å². The molecule has 2 N–H and O–H groups in total. The van der Waals surface area contributed by atoms with Crippen LogP contribution in [0, 0.1) is 5.41 Å². The smallest absolute Gasteiger partial charge is 0.267 e. The van der Waals surface area contributed by atoms with E-state index in [1.165, 1.54) is 0 Å². The predicted octanol–water partition coefficient (Wildman–Crippen LogP) is 3.36. The first kappa shape index (κ1) is 17.2. The minimum Gasteiger partial charge on any atom is -0.396 e. The van der Waals surface area contributed by atoms with Crippen LogP contribution >= 0.6 is 15.9 Å². The second kappa shape index (κ2) is 7.27. The van der Waals surface area contributed by atoms with Gasteiger partial charge in [0.2, 0.25) is 0 Å². The highest BCUT2D eigenvalue weighted by molar-refractivity contribution is 9.10. The molecular weight excluding hydrogens is 320 g/mol. The van der Waals surface area contributed by atoms with Crippen LogP contribution in [0.3, 0.4) is 0 Å². The molecule has 5 heteroatoms. The van der Waals surface area contributed by atoms with Crippen molar-refractivity contribution in [3.8, 4) is 0 Å². The Balaban J connectivity index is 2.52. The second-order valence-corrected chi connectivity index (χ2v) is 7.14. The Hall–Kier alpha value is -0.810. The zero-order valence-corrected chi connectivity index (χ0v) is 14.3. The van der Waals surface area contributed by atoms with Gasteiger partial charge in [-0.3, -0.25) is 4.79 Å². The molecular formula is C15H25BrN2O2. The molecule has 1 rings (SSSR count). The largest absolute Gasteiger partial charge is 0.396 e. The highest BCUT2D eigenvalue weighted by atomic mass is 79.9. The van der Waals surface area contributed by atoms with Crippen molar-refractivity contribution in [2.24, 2.45) is 5.41 Å². The van der Waals surface area contributed by atoms with Gasteiger partial charge in [0.05, 0.1) is 0 Å². The second-order valence-electron chi connectivity index (χ2n) is 6.23. The minimum absolute atomic E-state index is 0.0498. The molecule has 0 saturated carbocycles. The lowest BCUT2D eigenvalue weighted by atomic mass is 9.89. The molecule has 0 bridgehead atoms. The molecule has 0 aliphatic carbocycles. The summed E-state index contributed by atoms with van der Waals surface area (Å²) >= 11 is 3.41. The van der Waals surface area contributed by atoms with Crippen LogP contribution < -0.4 is 5.32 Å². The van der Waals surface area contributed by atoms with Gasteiger partial charge in [-0.25, -0.2) is 0 Å². The fraction of sp³-hybridized carbons (Fsp3) is 0.667. The van der Waals surface area contributed by atoms with Crippen LogP contribution in [0.15, 0.2) is 16.7 Å². The van der Waals surface area contributed by atoms with Gasteiger partial charge in [-0.05, 0) is 54.1 Å². The van der Waals surface area contributed by atoms with E-state index in [1.54, 1.807) is 0 Å². The monoisotopic (exact) mass is 344 g/mol. The summed E-state index contributed by atoms with van der Waals surface area (Å²) in [5.41, 5.74) is 0.597. The van der Waals surface area contributed by atoms with Crippen molar-refractivity contribution in [2.75, 3.05) is 13.2 Å². The van der Waals surface area contributed by atoms with Gasteiger partial charge in [0.25, 0.3) is 5.91 Å². The van der Waals surface area contributed by atoms with E-state index in [2.05, 4.69) is 21.2 Å². The van der Waals surface area contributed by atoms with Crippen LogP contribution in [0.5, 0.6) is 0 Å². The highest BCUT2D eigenvalue weighted by Crippen LogP contribution is 2.21. The Kier molecular flexibility index (Phi) is 6.27. The maximum Gasteiger partial charge on any atom is 0.267 e. The molecule has 1 aromatic rings. The van der Waals surface area contributed by atoms with Crippen LogP contribution in [0.1, 0.15) is 57.1 Å². The Labute approximate surface area is 129 Å². The number of halogens is 1. The molecule has 0 saturated heterocycles. The number of amides is 1. The molecule has 114 valence electrons. The summed E-state index contributed by atoms with van der Waals surface area (Å²) in [5, 5.41) is 12.1. The molecule has 1 amide bonds. The number of carbonyl (C=O) groups is 1. The predicted molar refractivity (Wildman–Crippen MR) is 85.0 cm³/mol. The number of aliphatic hydroxyl groups excluding tert-OH is 1. The van der Waals surface area contributed by atoms with Gasteiger partial charge in [0.15, 0.2) is 0 Å². The molecule has 0 aromatic carbocycles. The van der Waals surface area contributed by atoms with Crippen molar-refractivity contribution in [1.82, 2.24) is 9.88 Å². The van der Waals surface area contributed by atoms with E-state index in [1.807, 2.05) is 44.5 Å². The molecule has 0 atom stereocenters. The topological polar surface area (TPSA) is 54.3 Å². The number of nitrogens with zero attached hydrogens (tertiary/aromatic N) is 1. The summed E-state index contributed by atoms with van der Waals surface area (Å²) in [6.07, 6.45) is 3.68. The number of hydrogen-bond acceptors (Lipinski definition) is 2. The average molecular weight is 345 g/mol. The number of hydrogen-bond donors (Lipinski definition) is 2. The Morgan fingerprint density at radius 2 is 2.15 bits per heavy atom. The highest BCUT2D eigenvalue weighted by Gasteiger charge is 2.17. The maximum atomic E-state index is 12.2. The molecule has 0 radical (unpaired) electrons. The van der Waals surface area contributed by atoms with E-state index in [0.717, 1.165) is 17.3 Å². The first-order chi connectivity index (χ1) is 9.26. The standard InChI is InChI=1S/C15H25BrN2O2/c1-11(2)18-9-12(16)8-13(18)14(20)17-7-5-6-15(3,4)10-19/h8-9,11,19H,5-7,10H2,1-4H3,(H,17,20). The Bertz CT molecular complexity index is 453. The fourth-order valence-corrected chi connectivity index (χ4v) is 2.43. The summed E-state index contributed by atoms with van der Waals surface area (Å²) in [4.78, 5) is 12.2. The number of rotatable bonds is 7. The van der Waals surface area contributed by atoms with E-state index in [4.69, 9.17) is 0 Å². The van der Waals surface area contributed by atoms with E-state index >= 15 is 0 Å². The van der Waals surface area contributed by atoms with E-state index in [-0.39, 0.29) is 24.0 Å². The van der Waals surface area contributed by atoms with Gasteiger partial charge >= 0.3 is 0 Å². The maximum absolute atomic E-state index is 12.2. The number of aliphatic hydroxyl groups is 1. The van der Waals surface area contributed by atoms with Gasteiger partial charge < -0.3 is 15.0 Å². The lowest BCUT2D eigenvalue weighted by molar-refractivity contribution is 0.0938. The van der Waals surface area contributed by atoms with Gasteiger partial charge in [-0.1, -0.05) is 13.8 Å². The first-order valence-corrected chi connectivity index (χ1v) is 7.82. The van der Waals surface area contributed by atoms with Crippen molar-refractivity contribution in [3.63, 3.8) is 0 Å². The lowest BCUT2D eigenvalue weighted by Gasteiger charge is -2.21. The lowest BCUT2D eigenvalue weighted by Crippen LogP contribution is -2.28. The molecule has 20 heavy (non-hydrogen) atoms. The SMILES string of the molecule is CC(C)n1cc(Br)cc1C(=O)NCCCC(C)(C)CO. The molecule has 1 aromatic heterocycles. The number of nitrogens with one attached hydrogen (secondary N) is 1. The van der Waals surface area contributed by atoms with Crippen molar-refractivity contribution in [1.29, 1.82) is 0 Å². The van der Waals surface area contributed by atoms with Gasteiger partial charge in [0, 0.05) is 29.9 Å². The molecule has 0 aliphatic heterocycles. The molecule has 0 spiro atoms. The number of carbonyl (C=O) groups excluding carboxylic acids is 1. The third-order valence-electron chi connectivity index (χ3n) is 3.35. The Morgan fingerprint density at radius 1 is 1.50 bits per heavy atom. The van der Waals surface area contributed by atoms with E-state index in [9.17, 15) is 9.90 Å². The summed E-state index contributed by atoms with van der Waals surface area (Å²) in [6, 6.07) is 2.09. The molecule has 4 nitrogen and oxygen atoms in total. The molecule has 0 aliphatic rings. The minimum atomic E-state index is -0.0775. The van der Waals surface area contributed by atoms with Gasteiger partial charge in [-0.2, -0.15) is 0 Å². The third kappa shape index (κ3) is 4.94. The summed E-state index contributed by atoms with van der Waals surface area (Å²) in [7, 11) is 0. The number of aromatic nitrogens is 1. The van der Waals surface area contributed by atoms with Crippen molar-refractivity contribution < 1.29 is 9.90 Å². The Morgan fingerprint density at radius 3 is 2.70 bits per heavy atom. The van der Waals surface area contributed by atoms with Gasteiger partial charge in [-0.15, -0.1) is 0 Å². The molecule has 0 fully saturated rings. The zero-order valence-electron chi connectivity index (χ0n) is 12.7. The quantitative estimate of drug-likeness (QED) is 0.745. The average Bonchev–Trinajstić information content (AvgIpc) is 2.77. The van der Waals surface area contributed by atoms with E-state index in [0.29, 0.717) is 12.2 Å². The third-order valence-corrected chi connectivity index (χ3v) is 3.78. The van der Waals surface area contributed by atoms with E-state index < -0.39 is 0 Å². The zero-order chi connectivity index (χ0) is 15.3. The molecule has 0 unspecified atom stereocenters. The summed E-state index contributed by atoms with van der Waals surface area (Å²) in [5.74, 6) is -0.0498. The van der Waals surface area contributed by atoms with Gasteiger partial charge in [0.1, 0.15) is 5.69 Å². The normalized spacial score (nSPS) is 11.9. The molecule has 1 heterocycles. The summed E-state index contributed by atoms with van der Waals surface area (Å²) in [6.45, 7) is 8.94. The fourth-order valence-electron chi connectivity index (χ4n) is 1.99. The first-order valence-electron chi connectivity index (χ1n) is 7.03. The van der Waals surface area contributed by atoms with Crippen molar-refractivity contribution in [2.45, 2.75) is 46.6 Å². The van der Waals surface area contributed by atoms with Crippen molar-refractivity contribution >= 4 is 21.8 Å². The van der Waals surface area contributed by atoms with Crippen LogP contribution in [0.25, 0.3) is 0 Å². The van der Waals surface area contributed by atoms with Crippen LogP contribution in [0.4, 0.5) is 0 Å². The van der Waals surface area contributed by atoms with Crippen molar-refractivity contribution in [3.05, 3.63) is 22.4 Å². The van der Waals surface area contributed by atoms with Crippen LogP contribution in [0.2, 0.25) is 0 Å².